The van der Waals surface area contributed by atoms with E-state index in [1.165, 1.54) is 13.0 Å². The van der Waals surface area contributed by atoms with E-state index >= 15 is 0 Å². The summed E-state index contributed by atoms with van der Waals surface area (Å²) in [4.78, 5) is 12.7. The van der Waals surface area contributed by atoms with Gasteiger partial charge >= 0.3 is 12.1 Å². The highest BCUT2D eigenvalue weighted by molar-refractivity contribution is 7.92. The molecule has 2 unspecified atom stereocenters. The first-order valence-electron chi connectivity index (χ1n) is 8.02. The quantitative estimate of drug-likeness (QED) is 0.644. The Kier molecular flexibility index (Phi) is 6.58. The maximum atomic E-state index is 13.1. The second-order valence-electron chi connectivity index (χ2n) is 6.04. The Labute approximate surface area is 174 Å². The number of halogens is 5. The Morgan fingerprint density at radius 1 is 1.31 bits per heavy atom. The molecule has 2 rings (SSSR count). The number of rotatable bonds is 6. The fraction of sp³-hybridized carbons (Fsp3) is 0.375. The minimum Gasteiger partial charge on any atom is -0.465 e. The van der Waals surface area contributed by atoms with Crippen molar-refractivity contribution < 1.29 is 31.1 Å². The van der Waals surface area contributed by atoms with Crippen LogP contribution in [0, 0.1) is 0 Å². The van der Waals surface area contributed by atoms with Crippen LogP contribution in [0.2, 0.25) is 10.0 Å². The van der Waals surface area contributed by atoms with E-state index in [0.29, 0.717) is 16.2 Å². The van der Waals surface area contributed by atoms with Gasteiger partial charge < -0.3 is 10.5 Å². The van der Waals surface area contributed by atoms with Gasteiger partial charge in [0.15, 0.2) is 0 Å². The lowest BCUT2D eigenvalue weighted by atomic mass is 9.93. The van der Waals surface area contributed by atoms with Crippen LogP contribution < -0.4 is 5.73 Å². The molecule has 0 amide bonds. The average molecular weight is 474 g/mol. The maximum Gasteiger partial charge on any atom is 0.416 e. The number of benzene rings is 1. The molecule has 0 radical (unpaired) electrons. The molecular weight excluding hydrogens is 458 g/mol. The first kappa shape index (κ1) is 23.5. The van der Waals surface area contributed by atoms with Gasteiger partial charge in [0.25, 0.3) is 10.0 Å². The highest BCUT2D eigenvalue weighted by atomic mass is 35.5. The van der Waals surface area contributed by atoms with E-state index in [1.807, 2.05) is 0 Å². The summed E-state index contributed by atoms with van der Waals surface area (Å²) in [6, 6.07) is 0.619. The lowest BCUT2D eigenvalue weighted by molar-refractivity contribution is -0.146. The number of nitrogens with two attached hydrogens (primary N) is 1. The summed E-state index contributed by atoms with van der Waals surface area (Å²) in [5.74, 6) is -1.24. The molecule has 0 saturated heterocycles. The summed E-state index contributed by atoms with van der Waals surface area (Å²) in [6.45, 7) is 2.24. The molecule has 2 aromatic rings. The van der Waals surface area contributed by atoms with Gasteiger partial charge in [0.05, 0.1) is 24.4 Å². The predicted octanol–water partition coefficient (Wildman–Crippen LogP) is 3.41. The topological polar surface area (TPSA) is 104 Å². The van der Waals surface area contributed by atoms with Gasteiger partial charge in [0, 0.05) is 21.8 Å². The van der Waals surface area contributed by atoms with Crippen molar-refractivity contribution in [3.05, 3.63) is 51.8 Å². The first-order chi connectivity index (χ1) is 13.3. The average Bonchev–Trinajstić information content (AvgIpc) is 3.14. The van der Waals surface area contributed by atoms with Crippen molar-refractivity contribution in [1.29, 1.82) is 0 Å². The van der Waals surface area contributed by atoms with Gasteiger partial charge in [-0.05, 0) is 32.0 Å². The number of hydrogen-bond donors (Lipinski definition) is 1. The Balaban J connectivity index is 2.72. The molecule has 29 heavy (non-hydrogen) atoms. The van der Waals surface area contributed by atoms with Gasteiger partial charge in [-0.2, -0.15) is 22.4 Å². The van der Waals surface area contributed by atoms with E-state index in [2.05, 4.69) is 5.10 Å². The van der Waals surface area contributed by atoms with Gasteiger partial charge in [-0.25, -0.2) is 8.42 Å². The molecule has 1 aromatic heterocycles. The van der Waals surface area contributed by atoms with Crippen molar-refractivity contribution in [3.63, 3.8) is 0 Å². The van der Waals surface area contributed by atoms with Crippen molar-refractivity contribution in [2.75, 3.05) is 6.61 Å². The zero-order valence-corrected chi connectivity index (χ0v) is 17.4. The van der Waals surface area contributed by atoms with E-state index in [-0.39, 0.29) is 12.2 Å². The zero-order valence-electron chi connectivity index (χ0n) is 15.1. The summed E-state index contributed by atoms with van der Waals surface area (Å²) < 4.78 is 68.1. The molecule has 0 spiro atoms. The molecule has 160 valence electrons. The first-order valence-corrected chi connectivity index (χ1v) is 10.2. The van der Waals surface area contributed by atoms with Crippen LogP contribution in [0.5, 0.6) is 0 Å². The van der Waals surface area contributed by atoms with Crippen LogP contribution in [0.1, 0.15) is 31.0 Å². The Bertz CT molecular complexity index is 990. The van der Waals surface area contributed by atoms with Crippen LogP contribution in [-0.2, 0) is 25.7 Å². The van der Waals surface area contributed by atoms with Crippen LogP contribution in [0.3, 0.4) is 0 Å². The van der Waals surface area contributed by atoms with E-state index in [9.17, 15) is 26.4 Å². The lowest BCUT2D eigenvalue weighted by Gasteiger charge is -2.33. The van der Waals surface area contributed by atoms with Crippen molar-refractivity contribution in [2.45, 2.75) is 30.8 Å². The van der Waals surface area contributed by atoms with Crippen LogP contribution in [-0.4, -0.2) is 34.9 Å². The van der Waals surface area contributed by atoms with E-state index < -0.39 is 48.6 Å². The number of hydrogen-bond acceptors (Lipinski definition) is 6. The maximum absolute atomic E-state index is 13.1. The predicted molar refractivity (Wildman–Crippen MR) is 100.0 cm³/mol. The molecule has 0 aliphatic heterocycles. The molecule has 7 nitrogen and oxygen atoms in total. The van der Waals surface area contributed by atoms with Crippen LogP contribution in [0.15, 0.2) is 30.6 Å². The molecule has 1 heterocycles. The fourth-order valence-electron chi connectivity index (χ4n) is 2.58. The van der Waals surface area contributed by atoms with Gasteiger partial charge in [-0.3, -0.25) is 4.79 Å². The minimum atomic E-state index is -4.75. The summed E-state index contributed by atoms with van der Waals surface area (Å²) in [6.07, 6.45) is -2.52. The molecule has 0 aliphatic carbocycles. The highest BCUT2D eigenvalue weighted by Gasteiger charge is 2.55. The number of ether oxygens (including phenoxy) is 1. The molecule has 0 aliphatic rings. The Morgan fingerprint density at radius 2 is 1.86 bits per heavy atom. The molecule has 1 aromatic carbocycles. The van der Waals surface area contributed by atoms with E-state index in [1.54, 1.807) is 0 Å². The third-order valence-corrected chi connectivity index (χ3v) is 7.08. The smallest absolute Gasteiger partial charge is 0.416 e. The normalized spacial score (nSPS) is 15.6. The molecule has 0 bridgehead atoms. The Hall–Kier alpha value is -1.82. The molecular formula is C16H16Cl2F3N3O4S. The van der Waals surface area contributed by atoms with Crippen LogP contribution in [0.4, 0.5) is 13.2 Å². The largest absolute Gasteiger partial charge is 0.465 e. The van der Waals surface area contributed by atoms with Gasteiger partial charge in [0.1, 0.15) is 0 Å². The van der Waals surface area contributed by atoms with Gasteiger partial charge in [-0.15, -0.1) is 0 Å². The molecule has 13 heteroatoms. The molecule has 2 N–H and O–H groups in total. The molecule has 0 saturated carbocycles. The zero-order chi connectivity index (χ0) is 22.2. The Morgan fingerprint density at radius 3 is 2.28 bits per heavy atom. The molecule has 0 fully saturated rings. The SMILES string of the molecule is CCOC(=O)C(C)(C(N)c1c(Cl)cc(C(F)(F)F)cc1Cl)S(=O)(=O)n1cccn1. The standard InChI is InChI=1S/C16H16Cl2F3N3O4S/c1-3-28-14(25)15(2,29(26,27)24-6-4-5-23-24)13(22)12-10(17)7-9(8-11(12)18)16(19,20)21/h4-8,13H,3,22H2,1-2H3. The van der Waals surface area contributed by atoms with Crippen molar-refractivity contribution in [3.8, 4) is 0 Å². The fourth-order valence-corrected chi connectivity index (χ4v) is 4.81. The van der Waals surface area contributed by atoms with E-state index in [0.717, 1.165) is 19.3 Å². The number of aromatic nitrogens is 2. The van der Waals surface area contributed by atoms with Gasteiger partial charge in [-0.1, -0.05) is 23.2 Å². The highest BCUT2D eigenvalue weighted by Crippen LogP contribution is 2.43. The number of esters is 1. The van der Waals surface area contributed by atoms with Crippen LogP contribution >= 0.6 is 23.2 Å². The van der Waals surface area contributed by atoms with Crippen molar-refractivity contribution in [1.82, 2.24) is 9.19 Å². The monoisotopic (exact) mass is 473 g/mol. The number of carbonyl (C=O) groups is 1. The second-order valence-corrected chi connectivity index (χ2v) is 9.03. The summed E-state index contributed by atoms with van der Waals surface area (Å²) in [5, 5.41) is 2.51. The lowest BCUT2D eigenvalue weighted by Crippen LogP contribution is -2.55. The van der Waals surface area contributed by atoms with Crippen LogP contribution in [0.25, 0.3) is 0 Å². The third kappa shape index (κ3) is 4.09. The van der Waals surface area contributed by atoms with Crippen molar-refractivity contribution >= 4 is 39.2 Å². The summed E-state index contributed by atoms with van der Waals surface area (Å²) >= 11 is 11.9. The second kappa shape index (κ2) is 8.13. The minimum absolute atomic E-state index is 0.176. The number of carbonyl (C=O) groups excluding carboxylic acids is 1. The third-order valence-electron chi connectivity index (χ3n) is 4.25. The summed E-state index contributed by atoms with van der Waals surface area (Å²) in [5.41, 5.74) is 4.58. The number of nitrogens with zero attached hydrogens (tertiary/aromatic N) is 2. The number of alkyl halides is 3. The summed E-state index contributed by atoms with van der Waals surface area (Å²) in [7, 11) is -4.63. The van der Waals surface area contributed by atoms with Gasteiger partial charge in [0.2, 0.25) is 4.75 Å². The van der Waals surface area contributed by atoms with Crippen molar-refractivity contribution in [2.24, 2.45) is 5.73 Å². The molecule has 2 atom stereocenters. The van der Waals surface area contributed by atoms with E-state index in [4.69, 9.17) is 33.7 Å².